The number of hydrogen-bond acceptors (Lipinski definition) is 3. The van der Waals surface area contributed by atoms with E-state index in [1.54, 1.807) is 0 Å². The minimum absolute atomic E-state index is 0.0989. The highest BCUT2D eigenvalue weighted by Gasteiger charge is 2.28. The molecule has 4 rings (SSSR count). The van der Waals surface area contributed by atoms with E-state index < -0.39 is 0 Å². The molecule has 26 heavy (non-hydrogen) atoms. The van der Waals surface area contributed by atoms with Gasteiger partial charge in [-0.25, -0.2) is 0 Å². The second-order valence-electron chi connectivity index (χ2n) is 6.80. The zero-order chi connectivity index (χ0) is 17.9. The smallest absolute Gasteiger partial charge is 0.274 e. The number of nitrogens with zero attached hydrogens (tertiary/aromatic N) is 2. The maximum atomic E-state index is 13.0. The van der Waals surface area contributed by atoms with Crippen molar-refractivity contribution in [1.82, 2.24) is 4.90 Å². The Morgan fingerprint density at radius 3 is 2.38 bits per heavy atom. The van der Waals surface area contributed by atoms with Crippen molar-refractivity contribution in [2.45, 2.75) is 13.3 Å². The topological polar surface area (TPSA) is 32.8 Å². The molecule has 0 radical (unpaired) electrons. The molecule has 2 heterocycles. The first kappa shape index (κ1) is 16.9. The van der Waals surface area contributed by atoms with E-state index >= 15 is 0 Å². The first-order valence-corrected chi connectivity index (χ1v) is 9.25. The summed E-state index contributed by atoms with van der Waals surface area (Å²) < 4.78 is 5.41. The van der Waals surface area contributed by atoms with Crippen LogP contribution in [-0.2, 0) is 9.53 Å². The predicted octanol–water partition coefficient (Wildman–Crippen LogP) is 3.61. The van der Waals surface area contributed by atoms with Gasteiger partial charge in [0.05, 0.1) is 18.9 Å². The number of anilines is 1. The Morgan fingerprint density at radius 2 is 1.65 bits per heavy atom. The molecule has 1 amide bonds. The van der Waals surface area contributed by atoms with E-state index in [2.05, 4.69) is 66.4 Å². The van der Waals surface area contributed by atoms with E-state index in [1.165, 1.54) is 16.7 Å². The number of carbonyl (C=O) groups is 1. The quantitative estimate of drug-likeness (QED) is 0.849. The number of amides is 1. The van der Waals surface area contributed by atoms with Gasteiger partial charge in [0.15, 0.2) is 0 Å². The Morgan fingerprint density at radius 1 is 0.923 bits per heavy atom. The van der Waals surface area contributed by atoms with E-state index in [4.69, 9.17) is 4.74 Å². The predicted molar refractivity (Wildman–Crippen MR) is 104 cm³/mol. The third-order valence-electron chi connectivity index (χ3n) is 5.14. The summed E-state index contributed by atoms with van der Waals surface area (Å²) in [5.74, 6) is 0.0989. The molecule has 2 aliphatic heterocycles. The van der Waals surface area contributed by atoms with Gasteiger partial charge in [-0.3, -0.25) is 4.79 Å². The van der Waals surface area contributed by atoms with Crippen molar-refractivity contribution in [2.75, 3.05) is 37.7 Å². The van der Waals surface area contributed by atoms with Gasteiger partial charge in [-0.15, -0.1) is 0 Å². The van der Waals surface area contributed by atoms with Crippen molar-refractivity contribution >= 4 is 11.6 Å². The molecule has 2 aromatic carbocycles. The average Bonchev–Trinajstić information content (AvgIpc) is 2.69. The molecule has 0 atom stereocenters. The summed E-state index contributed by atoms with van der Waals surface area (Å²) in [5, 5.41) is 0. The molecular weight excluding hydrogens is 324 g/mol. The lowest BCUT2D eigenvalue weighted by Crippen LogP contribution is -2.45. The molecule has 2 aromatic rings. The van der Waals surface area contributed by atoms with Crippen molar-refractivity contribution in [3.8, 4) is 11.1 Å². The van der Waals surface area contributed by atoms with E-state index in [0.717, 1.165) is 37.4 Å². The third-order valence-corrected chi connectivity index (χ3v) is 5.14. The monoisotopic (exact) mass is 348 g/mol. The summed E-state index contributed by atoms with van der Waals surface area (Å²) in [4.78, 5) is 17.1. The summed E-state index contributed by atoms with van der Waals surface area (Å²) in [6, 6.07) is 16.7. The van der Waals surface area contributed by atoms with Gasteiger partial charge in [-0.1, -0.05) is 42.5 Å². The Hall–Kier alpha value is -2.59. The minimum atomic E-state index is 0.0989. The van der Waals surface area contributed by atoms with Crippen LogP contribution in [0.1, 0.15) is 12.0 Å². The number of carbonyl (C=O) groups excluding carboxylic acids is 1. The van der Waals surface area contributed by atoms with Crippen molar-refractivity contribution in [3.63, 3.8) is 0 Å². The molecule has 0 bridgehead atoms. The van der Waals surface area contributed by atoms with Crippen molar-refractivity contribution in [1.29, 1.82) is 0 Å². The van der Waals surface area contributed by atoms with Gasteiger partial charge in [0, 0.05) is 25.3 Å². The summed E-state index contributed by atoms with van der Waals surface area (Å²) in [7, 11) is 0. The second kappa shape index (κ2) is 7.34. The lowest BCUT2D eigenvalue weighted by Gasteiger charge is -2.35. The van der Waals surface area contributed by atoms with Crippen LogP contribution in [-0.4, -0.2) is 43.7 Å². The maximum absolute atomic E-state index is 13.0. The first-order valence-electron chi connectivity index (χ1n) is 9.25. The summed E-state index contributed by atoms with van der Waals surface area (Å²) in [6.07, 6.45) is 2.96. The van der Waals surface area contributed by atoms with Crippen LogP contribution in [0.25, 0.3) is 11.1 Å². The molecule has 0 N–H and O–H groups in total. The fourth-order valence-electron chi connectivity index (χ4n) is 3.69. The SMILES string of the molecule is Cc1ccccc1-c1ccc(N2CCC=C(N3CCOCC3)C2=O)cc1. The van der Waals surface area contributed by atoms with Crippen LogP contribution in [0.2, 0.25) is 0 Å². The Balaban J connectivity index is 1.55. The van der Waals surface area contributed by atoms with Gasteiger partial charge in [-0.2, -0.15) is 0 Å². The normalized spacial score (nSPS) is 18.0. The average molecular weight is 348 g/mol. The molecule has 1 saturated heterocycles. The third kappa shape index (κ3) is 3.25. The summed E-state index contributed by atoms with van der Waals surface area (Å²) >= 11 is 0. The maximum Gasteiger partial charge on any atom is 0.274 e. The van der Waals surface area contributed by atoms with Crippen molar-refractivity contribution in [2.24, 2.45) is 0 Å². The van der Waals surface area contributed by atoms with Gasteiger partial charge >= 0.3 is 0 Å². The van der Waals surface area contributed by atoms with Crippen LogP contribution in [0.15, 0.2) is 60.3 Å². The minimum Gasteiger partial charge on any atom is -0.378 e. The Bertz CT molecular complexity index is 820. The Kier molecular flexibility index (Phi) is 4.76. The molecule has 1 fully saturated rings. The largest absolute Gasteiger partial charge is 0.378 e. The molecule has 0 spiro atoms. The van der Waals surface area contributed by atoms with Crippen LogP contribution in [0.5, 0.6) is 0 Å². The van der Waals surface area contributed by atoms with Crippen molar-refractivity contribution in [3.05, 3.63) is 65.9 Å². The van der Waals surface area contributed by atoms with Gasteiger partial charge in [-0.05, 0) is 42.2 Å². The molecule has 0 unspecified atom stereocenters. The highest BCUT2D eigenvalue weighted by Crippen LogP contribution is 2.28. The molecule has 0 aliphatic carbocycles. The number of aryl methyl sites for hydroxylation is 1. The molecule has 0 aromatic heterocycles. The van der Waals surface area contributed by atoms with Gasteiger partial charge in [0.1, 0.15) is 0 Å². The number of rotatable bonds is 3. The van der Waals surface area contributed by atoms with Crippen LogP contribution in [0, 0.1) is 6.92 Å². The van der Waals surface area contributed by atoms with Crippen molar-refractivity contribution < 1.29 is 9.53 Å². The molecule has 134 valence electrons. The van der Waals surface area contributed by atoms with Crippen LogP contribution < -0.4 is 4.90 Å². The highest BCUT2D eigenvalue weighted by molar-refractivity contribution is 6.06. The fourth-order valence-corrected chi connectivity index (χ4v) is 3.69. The number of benzene rings is 2. The van der Waals surface area contributed by atoms with E-state index in [0.29, 0.717) is 13.2 Å². The standard InChI is InChI=1S/C22H24N2O2/c1-17-5-2-3-6-20(17)18-8-10-19(11-9-18)24-12-4-7-21(22(24)25)23-13-15-26-16-14-23/h2-3,5-11H,4,12-16H2,1H3. The van der Waals surface area contributed by atoms with Gasteiger partial charge < -0.3 is 14.5 Å². The van der Waals surface area contributed by atoms with E-state index in [1.807, 2.05) is 4.90 Å². The van der Waals surface area contributed by atoms with Crippen LogP contribution in [0.4, 0.5) is 5.69 Å². The zero-order valence-corrected chi connectivity index (χ0v) is 15.1. The Labute approximate surface area is 154 Å². The lowest BCUT2D eigenvalue weighted by atomic mass is 10.00. The number of morpholine rings is 1. The van der Waals surface area contributed by atoms with Gasteiger partial charge in [0.25, 0.3) is 5.91 Å². The molecule has 4 nitrogen and oxygen atoms in total. The first-order chi connectivity index (χ1) is 12.7. The van der Waals surface area contributed by atoms with E-state index in [9.17, 15) is 4.79 Å². The number of ether oxygens (including phenoxy) is 1. The second-order valence-corrected chi connectivity index (χ2v) is 6.80. The van der Waals surface area contributed by atoms with Gasteiger partial charge in [0.2, 0.25) is 0 Å². The van der Waals surface area contributed by atoms with Crippen LogP contribution >= 0.6 is 0 Å². The molecule has 0 saturated carbocycles. The zero-order valence-electron chi connectivity index (χ0n) is 15.1. The summed E-state index contributed by atoms with van der Waals surface area (Å²) in [6.45, 7) is 5.81. The van der Waals surface area contributed by atoms with Crippen LogP contribution in [0.3, 0.4) is 0 Å². The summed E-state index contributed by atoms with van der Waals surface area (Å²) in [5.41, 5.74) is 5.46. The highest BCUT2D eigenvalue weighted by atomic mass is 16.5. The lowest BCUT2D eigenvalue weighted by molar-refractivity contribution is -0.117. The fraction of sp³-hybridized carbons (Fsp3) is 0.318. The van der Waals surface area contributed by atoms with E-state index in [-0.39, 0.29) is 5.91 Å². The number of hydrogen-bond donors (Lipinski definition) is 0. The molecular formula is C22H24N2O2. The molecule has 4 heteroatoms. The molecule has 2 aliphatic rings.